The van der Waals surface area contributed by atoms with Crippen molar-refractivity contribution in [2.24, 2.45) is 0 Å². The second-order valence-electron chi connectivity index (χ2n) is 5.47. The number of ether oxygens (including phenoxy) is 1. The van der Waals surface area contributed by atoms with Gasteiger partial charge in [0.1, 0.15) is 17.3 Å². The lowest BCUT2D eigenvalue weighted by Gasteiger charge is -2.06. The summed E-state index contributed by atoms with van der Waals surface area (Å²) in [7, 11) is 0. The lowest BCUT2D eigenvalue weighted by molar-refractivity contribution is -0.123. The van der Waals surface area contributed by atoms with Gasteiger partial charge in [0.25, 0.3) is 5.91 Å². The van der Waals surface area contributed by atoms with Gasteiger partial charge in [-0.15, -0.1) is 0 Å². The zero-order valence-electron chi connectivity index (χ0n) is 13.7. The Morgan fingerprint density at radius 3 is 2.50 bits per heavy atom. The summed E-state index contributed by atoms with van der Waals surface area (Å²) in [5, 5.41) is 12.1. The summed E-state index contributed by atoms with van der Waals surface area (Å²) >= 11 is 5.87. The molecule has 0 saturated heterocycles. The molecule has 5 nitrogen and oxygen atoms in total. The lowest BCUT2D eigenvalue weighted by Crippen LogP contribution is -2.28. The number of nitrogens with one attached hydrogen (secondary N) is 1. The second-order valence-corrected chi connectivity index (χ2v) is 5.91. The smallest absolute Gasteiger partial charge is 0.258 e. The van der Waals surface area contributed by atoms with E-state index in [1.54, 1.807) is 36.4 Å². The Morgan fingerprint density at radius 2 is 1.81 bits per heavy atom. The third kappa shape index (κ3) is 4.65. The molecule has 0 spiro atoms. The first kappa shape index (κ1) is 17.6. The molecule has 1 heterocycles. The minimum absolute atomic E-state index is 0.114. The zero-order valence-corrected chi connectivity index (χ0v) is 14.5. The highest BCUT2D eigenvalue weighted by atomic mass is 35.5. The fourth-order valence-electron chi connectivity index (χ4n) is 2.25. The molecule has 0 unspecified atom stereocenters. The number of benzene rings is 2. The first-order valence-electron chi connectivity index (χ1n) is 7.88. The van der Waals surface area contributed by atoms with Crippen LogP contribution in [0.1, 0.15) is 11.3 Å². The molecule has 0 aliphatic heterocycles. The second kappa shape index (κ2) is 8.24. The Labute approximate surface area is 155 Å². The van der Waals surface area contributed by atoms with Crippen molar-refractivity contribution in [3.05, 3.63) is 77.0 Å². The topological polar surface area (TPSA) is 75.3 Å². The first-order chi connectivity index (χ1) is 12.6. The SMILES string of the molecule is N#Cc1ccc(OCC(=O)NCc2ccc(-c3ccc(Cl)cc3)o2)cc1. The number of rotatable bonds is 6. The maximum Gasteiger partial charge on any atom is 0.258 e. The summed E-state index contributed by atoms with van der Waals surface area (Å²) in [6.45, 7) is 0.153. The molecule has 0 aliphatic carbocycles. The molecule has 3 aromatic rings. The van der Waals surface area contributed by atoms with Gasteiger partial charge in [0.05, 0.1) is 18.2 Å². The van der Waals surface area contributed by atoms with E-state index in [2.05, 4.69) is 5.32 Å². The molecule has 1 aromatic heterocycles. The van der Waals surface area contributed by atoms with Gasteiger partial charge in [-0.3, -0.25) is 4.79 Å². The third-order valence-electron chi connectivity index (χ3n) is 3.60. The van der Waals surface area contributed by atoms with Crippen molar-refractivity contribution in [2.45, 2.75) is 6.54 Å². The molecular weight excluding hydrogens is 352 g/mol. The van der Waals surface area contributed by atoms with Gasteiger partial charge in [-0.1, -0.05) is 11.6 Å². The van der Waals surface area contributed by atoms with Crippen LogP contribution in [0.5, 0.6) is 5.75 Å². The van der Waals surface area contributed by atoms with Crippen LogP contribution in [0.15, 0.2) is 65.1 Å². The minimum atomic E-state index is -0.265. The van der Waals surface area contributed by atoms with E-state index in [-0.39, 0.29) is 19.1 Å². The Balaban J connectivity index is 1.48. The largest absolute Gasteiger partial charge is 0.484 e. The van der Waals surface area contributed by atoms with Crippen LogP contribution < -0.4 is 10.1 Å². The molecule has 0 fully saturated rings. The Bertz CT molecular complexity index is 925. The number of amides is 1. The van der Waals surface area contributed by atoms with Crippen LogP contribution in [-0.2, 0) is 11.3 Å². The number of carbonyl (C=O) groups excluding carboxylic acids is 1. The van der Waals surface area contributed by atoms with Crippen LogP contribution >= 0.6 is 11.6 Å². The summed E-state index contributed by atoms with van der Waals surface area (Å²) in [4.78, 5) is 11.9. The van der Waals surface area contributed by atoms with Crippen LogP contribution in [0.3, 0.4) is 0 Å². The molecule has 6 heteroatoms. The highest BCUT2D eigenvalue weighted by Gasteiger charge is 2.07. The predicted molar refractivity (Wildman–Crippen MR) is 97.7 cm³/mol. The van der Waals surface area contributed by atoms with Gasteiger partial charge >= 0.3 is 0 Å². The van der Waals surface area contributed by atoms with Crippen LogP contribution in [0.2, 0.25) is 5.02 Å². The average molecular weight is 367 g/mol. The molecule has 0 radical (unpaired) electrons. The summed E-state index contributed by atoms with van der Waals surface area (Å²) in [6, 6.07) is 19.6. The number of nitriles is 1. The molecule has 2 aromatic carbocycles. The Hall–Kier alpha value is -3.23. The number of hydrogen-bond donors (Lipinski definition) is 1. The highest BCUT2D eigenvalue weighted by Crippen LogP contribution is 2.23. The summed E-state index contributed by atoms with van der Waals surface area (Å²) < 4.78 is 11.1. The molecule has 0 aliphatic rings. The number of nitrogens with zero attached hydrogens (tertiary/aromatic N) is 1. The number of furan rings is 1. The molecule has 0 saturated carbocycles. The van der Waals surface area contributed by atoms with Crippen molar-refractivity contribution in [3.63, 3.8) is 0 Å². The maximum atomic E-state index is 11.9. The maximum absolute atomic E-state index is 11.9. The van der Waals surface area contributed by atoms with Gasteiger partial charge in [0.2, 0.25) is 0 Å². The van der Waals surface area contributed by atoms with Crippen molar-refractivity contribution in [1.82, 2.24) is 5.32 Å². The fraction of sp³-hybridized carbons (Fsp3) is 0.100. The van der Waals surface area contributed by atoms with E-state index < -0.39 is 0 Å². The predicted octanol–water partition coefficient (Wildman–Crippen LogP) is 4.17. The first-order valence-corrected chi connectivity index (χ1v) is 8.26. The van der Waals surface area contributed by atoms with E-state index in [9.17, 15) is 4.79 Å². The Kier molecular flexibility index (Phi) is 5.57. The molecule has 0 atom stereocenters. The molecule has 130 valence electrons. The summed E-state index contributed by atoms with van der Waals surface area (Å²) in [5.74, 6) is 1.61. The lowest BCUT2D eigenvalue weighted by atomic mass is 10.2. The normalized spacial score (nSPS) is 10.2. The van der Waals surface area contributed by atoms with Crippen molar-refractivity contribution < 1.29 is 13.9 Å². The summed E-state index contributed by atoms with van der Waals surface area (Å²) in [5.41, 5.74) is 1.45. The third-order valence-corrected chi connectivity index (χ3v) is 3.86. The van der Waals surface area contributed by atoms with Crippen LogP contribution in [0.25, 0.3) is 11.3 Å². The average Bonchev–Trinajstić information content (AvgIpc) is 3.14. The van der Waals surface area contributed by atoms with Gasteiger partial charge in [0, 0.05) is 10.6 Å². The fourth-order valence-corrected chi connectivity index (χ4v) is 2.38. The van der Waals surface area contributed by atoms with Gasteiger partial charge in [-0.25, -0.2) is 0 Å². The van der Waals surface area contributed by atoms with Crippen LogP contribution in [0.4, 0.5) is 0 Å². The van der Waals surface area contributed by atoms with Gasteiger partial charge in [-0.05, 0) is 60.7 Å². The highest BCUT2D eigenvalue weighted by molar-refractivity contribution is 6.30. The Morgan fingerprint density at radius 1 is 1.08 bits per heavy atom. The number of hydrogen-bond acceptors (Lipinski definition) is 4. The molecule has 1 N–H and O–H groups in total. The van der Waals surface area contributed by atoms with Crippen molar-refractivity contribution in [3.8, 4) is 23.1 Å². The van der Waals surface area contributed by atoms with E-state index in [0.717, 1.165) is 5.56 Å². The van der Waals surface area contributed by atoms with E-state index in [4.69, 9.17) is 26.0 Å². The monoisotopic (exact) mass is 366 g/mol. The van der Waals surface area contributed by atoms with Crippen LogP contribution in [0, 0.1) is 11.3 Å². The van der Waals surface area contributed by atoms with Crippen molar-refractivity contribution in [2.75, 3.05) is 6.61 Å². The molecule has 3 rings (SSSR count). The molecule has 0 bridgehead atoms. The standard InChI is InChI=1S/C20H15ClN2O3/c21-16-5-3-15(4-6-16)19-10-9-18(26-19)12-23-20(24)13-25-17-7-1-14(11-22)2-8-17/h1-10H,12-13H2,(H,23,24). The van der Waals surface area contributed by atoms with E-state index in [0.29, 0.717) is 27.9 Å². The van der Waals surface area contributed by atoms with Gasteiger partial charge in [-0.2, -0.15) is 5.26 Å². The van der Waals surface area contributed by atoms with Gasteiger partial charge in [0.15, 0.2) is 6.61 Å². The van der Waals surface area contributed by atoms with Gasteiger partial charge < -0.3 is 14.5 Å². The number of carbonyl (C=O) groups is 1. The van der Waals surface area contributed by atoms with E-state index in [1.807, 2.05) is 30.3 Å². The molecule has 26 heavy (non-hydrogen) atoms. The quantitative estimate of drug-likeness (QED) is 0.710. The summed E-state index contributed by atoms with van der Waals surface area (Å²) in [6.07, 6.45) is 0. The van der Waals surface area contributed by atoms with Crippen molar-refractivity contribution >= 4 is 17.5 Å². The van der Waals surface area contributed by atoms with Crippen molar-refractivity contribution in [1.29, 1.82) is 5.26 Å². The molecular formula is C20H15ClN2O3. The molecule has 1 amide bonds. The minimum Gasteiger partial charge on any atom is -0.484 e. The van der Waals surface area contributed by atoms with E-state index in [1.165, 1.54) is 0 Å². The van der Waals surface area contributed by atoms with E-state index >= 15 is 0 Å². The van der Waals surface area contributed by atoms with Crippen LogP contribution in [-0.4, -0.2) is 12.5 Å². The number of halogens is 1. The zero-order chi connectivity index (χ0) is 18.4.